The molecule has 0 atom stereocenters. The van der Waals surface area contributed by atoms with Crippen molar-refractivity contribution in [3.8, 4) is 56.2 Å². The van der Waals surface area contributed by atoms with Crippen molar-refractivity contribution in [2.75, 3.05) is 0 Å². The van der Waals surface area contributed by atoms with E-state index in [0.29, 0.717) is 5.82 Å². The Hall–Kier alpha value is -7.49. The van der Waals surface area contributed by atoms with Gasteiger partial charge in [0.1, 0.15) is 0 Å². The fourth-order valence-corrected chi connectivity index (χ4v) is 8.39. The summed E-state index contributed by atoms with van der Waals surface area (Å²) in [6, 6.07) is 67.3. The van der Waals surface area contributed by atoms with Crippen molar-refractivity contribution in [3.63, 3.8) is 0 Å². The molecule has 11 rings (SSSR count). The molecule has 260 valence electrons. The van der Waals surface area contributed by atoms with Gasteiger partial charge >= 0.3 is 0 Å². The first kappa shape index (κ1) is 32.0. The van der Waals surface area contributed by atoms with Gasteiger partial charge < -0.3 is 0 Å². The molecule has 0 aliphatic carbocycles. The number of rotatable bonds is 5. The minimum Gasteiger partial charge on any atom is -0.264 e. The molecule has 0 aliphatic rings. The van der Waals surface area contributed by atoms with Gasteiger partial charge in [0.25, 0.3) is 0 Å². The Morgan fingerprint density at radius 3 is 1.55 bits per heavy atom. The fourth-order valence-electron chi connectivity index (χ4n) is 8.39. The van der Waals surface area contributed by atoms with E-state index in [0.717, 1.165) is 50.2 Å². The lowest BCUT2D eigenvalue weighted by molar-refractivity contribution is 1.19. The maximum Gasteiger partial charge on any atom is 0.160 e. The van der Waals surface area contributed by atoms with E-state index < -0.39 is 0 Å². The van der Waals surface area contributed by atoms with E-state index >= 15 is 0 Å². The number of benzene rings is 9. The number of aromatic nitrogens is 3. The Labute approximate surface area is 324 Å². The quantitative estimate of drug-likeness (QED) is 0.167. The lowest BCUT2D eigenvalue weighted by atomic mass is 9.88. The van der Waals surface area contributed by atoms with Crippen LogP contribution in [0.25, 0.3) is 110 Å². The molecular formula is C53H33N3. The largest absolute Gasteiger partial charge is 0.264 e. The van der Waals surface area contributed by atoms with Crippen molar-refractivity contribution >= 4 is 53.9 Å². The molecule has 9 aromatic carbocycles. The second-order valence-corrected chi connectivity index (χ2v) is 14.4. The van der Waals surface area contributed by atoms with Crippen molar-refractivity contribution in [3.05, 3.63) is 200 Å². The van der Waals surface area contributed by atoms with E-state index in [9.17, 15) is 0 Å². The summed E-state index contributed by atoms with van der Waals surface area (Å²) in [5.41, 5.74) is 9.35. The predicted octanol–water partition coefficient (Wildman–Crippen LogP) is 14.0. The van der Waals surface area contributed by atoms with E-state index in [1.807, 2.05) is 12.3 Å². The second-order valence-electron chi connectivity index (χ2n) is 14.4. The average Bonchev–Trinajstić information content (AvgIpc) is 3.28. The standard InChI is InChI=1S/C53H33N3/c1-2-11-39-30-40(28-23-34(39)10-1)35-21-26-38(27-22-35)53-55-50(37-24-19-36(20-25-37)41-12-9-29-54-33-41)32-51(56-53)48-31-49-44-15-4-3-13-42(44)43-14-5-7-17-46(43)52(49)47-18-8-6-16-45(47)48/h1-33H. The molecule has 0 fully saturated rings. The van der Waals surface area contributed by atoms with Gasteiger partial charge in [0.15, 0.2) is 5.82 Å². The molecule has 3 nitrogen and oxygen atoms in total. The summed E-state index contributed by atoms with van der Waals surface area (Å²) in [6.07, 6.45) is 3.70. The third-order valence-corrected chi connectivity index (χ3v) is 11.2. The zero-order valence-electron chi connectivity index (χ0n) is 30.4. The van der Waals surface area contributed by atoms with Crippen LogP contribution in [0.1, 0.15) is 0 Å². The van der Waals surface area contributed by atoms with Gasteiger partial charge in [-0.3, -0.25) is 4.98 Å². The maximum absolute atomic E-state index is 5.39. The van der Waals surface area contributed by atoms with E-state index in [-0.39, 0.29) is 0 Å². The summed E-state index contributed by atoms with van der Waals surface area (Å²) in [6.45, 7) is 0. The molecule has 0 unspecified atom stereocenters. The smallest absolute Gasteiger partial charge is 0.160 e. The van der Waals surface area contributed by atoms with Crippen LogP contribution in [0.2, 0.25) is 0 Å². The minimum atomic E-state index is 0.687. The van der Waals surface area contributed by atoms with Crippen LogP contribution in [-0.4, -0.2) is 15.0 Å². The first-order chi connectivity index (χ1) is 27.7. The number of hydrogen-bond donors (Lipinski definition) is 0. The zero-order chi connectivity index (χ0) is 37.0. The summed E-state index contributed by atoms with van der Waals surface area (Å²) in [7, 11) is 0. The average molecular weight is 712 g/mol. The highest BCUT2D eigenvalue weighted by molar-refractivity contribution is 6.33. The Morgan fingerprint density at radius 2 is 0.839 bits per heavy atom. The fraction of sp³-hybridized carbons (Fsp3) is 0. The Morgan fingerprint density at radius 1 is 0.304 bits per heavy atom. The first-order valence-electron chi connectivity index (χ1n) is 19.0. The molecule has 0 saturated heterocycles. The Balaban J connectivity index is 1.12. The van der Waals surface area contributed by atoms with Crippen molar-refractivity contribution in [1.82, 2.24) is 15.0 Å². The lowest BCUT2D eigenvalue weighted by Crippen LogP contribution is -1.97. The van der Waals surface area contributed by atoms with Gasteiger partial charge in [-0.25, -0.2) is 9.97 Å². The van der Waals surface area contributed by atoms with Crippen LogP contribution in [0.5, 0.6) is 0 Å². The molecule has 11 aromatic rings. The number of nitrogens with zero attached hydrogens (tertiary/aromatic N) is 3. The van der Waals surface area contributed by atoms with E-state index in [1.165, 1.54) is 54.0 Å². The maximum atomic E-state index is 5.39. The highest BCUT2D eigenvalue weighted by Gasteiger charge is 2.18. The van der Waals surface area contributed by atoms with Crippen LogP contribution in [0.4, 0.5) is 0 Å². The summed E-state index contributed by atoms with van der Waals surface area (Å²) in [4.78, 5) is 15.0. The van der Waals surface area contributed by atoms with Crippen LogP contribution >= 0.6 is 0 Å². The lowest BCUT2D eigenvalue weighted by Gasteiger charge is -2.17. The number of pyridine rings is 1. The molecule has 2 aromatic heterocycles. The zero-order valence-corrected chi connectivity index (χ0v) is 30.4. The molecule has 0 aliphatic heterocycles. The molecule has 0 radical (unpaired) electrons. The predicted molar refractivity (Wildman–Crippen MR) is 235 cm³/mol. The molecule has 0 N–H and O–H groups in total. The molecule has 0 spiro atoms. The van der Waals surface area contributed by atoms with Crippen molar-refractivity contribution in [2.24, 2.45) is 0 Å². The van der Waals surface area contributed by atoms with Crippen LogP contribution in [0.3, 0.4) is 0 Å². The molecule has 0 amide bonds. The summed E-state index contributed by atoms with van der Waals surface area (Å²) in [5, 5.41) is 12.3. The van der Waals surface area contributed by atoms with E-state index in [4.69, 9.17) is 9.97 Å². The van der Waals surface area contributed by atoms with Crippen LogP contribution in [0.15, 0.2) is 200 Å². The van der Waals surface area contributed by atoms with Gasteiger partial charge in [-0.2, -0.15) is 0 Å². The molecule has 56 heavy (non-hydrogen) atoms. The minimum absolute atomic E-state index is 0.687. The highest BCUT2D eigenvalue weighted by atomic mass is 14.9. The molecule has 0 bridgehead atoms. The molecule has 2 heterocycles. The summed E-state index contributed by atoms with van der Waals surface area (Å²) in [5.74, 6) is 0.687. The third kappa shape index (κ3) is 5.40. The molecule has 0 saturated carbocycles. The van der Waals surface area contributed by atoms with Gasteiger partial charge in [-0.05, 0) is 100 Å². The van der Waals surface area contributed by atoms with Crippen molar-refractivity contribution in [2.45, 2.75) is 0 Å². The van der Waals surface area contributed by atoms with Gasteiger partial charge in [-0.1, -0.05) is 164 Å². The van der Waals surface area contributed by atoms with E-state index in [1.54, 1.807) is 6.20 Å². The monoisotopic (exact) mass is 711 g/mol. The summed E-state index contributed by atoms with van der Waals surface area (Å²) < 4.78 is 0. The van der Waals surface area contributed by atoms with Crippen LogP contribution in [-0.2, 0) is 0 Å². The van der Waals surface area contributed by atoms with Crippen molar-refractivity contribution < 1.29 is 0 Å². The van der Waals surface area contributed by atoms with Crippen molar-refractivity contribution in [1.29, 1.82) is 0 Å². The van der Waals surface area contributed by atoms with Gasteiger partial charge in [-0.15, -0.1) is 0 Å². The molecule has 3 heteroatoms. The number of hydrogen-bond acceptors (Lipinski definition) is 3. The van der Waals surface area contributed by atoms with Gasteiger partial charge in [0.2, 0.25) is 0 Å². The van der Waals surface area contributed by atoms with Gasteiger partial charge in [0, 0.05) is 29.1 Å². The second kappa shape index (κ2) is 13.1. The third-order valence-electron chi connectivity index (χ3n) is 11.2. The summed E-state index contributed by atoms with van der Waals surface area (Å²) >= 11 is 0. The van der Waals surface area contributed by atoms with Gasteiger partial charge in [0.05, 0.1) is 11.4 Å². The number of fused-ring (bicyclic) bond motifs is 9. The van der Waals surface area contributed by atoms with Crippen LogP contribution < -0.4 is 0 Å². The first-order valence-corrected chi connectivity index (χ1v) is 19.0. The topological polar surface area (TPSA) is 38.7 Å². The normalized spacial score (nSPS) is 11.6. The SMILES string of the molecule is c1cncc(-c2ccc(-c3cc(-c4cc5c6ccccc6c6ccccc6c5c5ccccc45)nc(-c4ccc(-c5ccc6ccccc6c5)cc4)n3)cc2)c1. The van der Waals surface area contributed by atoms with Crippen LogP contribution in [0, 0.1) is 0 Å². The Bertz CT molecular complexity index is 3280. The molecular weight excluding hydrogens is 679 g/mol. The highest BCUT2D eigenvalue weighted by Crippen LogP contribution is 2.43. The Kier molecular flexibility index (Phi) is 7.49. The van der Waals surface area contributed by atoms with E-state index in [2.05, 4.69) is 187 Å².